The number of hydrogen-bond donors (Lipinski definition) is 1. The molecule has 0 saturated carbocycles. The first-order valence-corrected chi connectivity index (χ1v) is 10.2. The zero-order valence-electron chi connectivity index (χ0n) is 14.6. The molecule has 4 aromatic rings. The Labute approximate surface area is 167 Å². The van der Waals surface area contributed by atoms with Crippen molar-refractivity contribution in [2.45, 2.75) is 24.0 Å². The van der Waals surface area contributed by atoms with Crippen LogP contribution < -0.4 is 11.3 Å². The molecule has 0 fully saturated rings. The second kappa shape index (κ2) is 7.90. The molecule has 3 aromatic heterocycles. The van der Waals surface area contributed by atoms with Crippen molar-refractivity contribution in [1.82, 2.24) is 29.8 Å². The molecule has 11 heteroatoms. The van der Waals surface area contributed by atoms with Gasteiger partial charge in [-0.15, -0.1) is 16.4 Å². The van der Waals surface area contributed by atoms with E-state index in [-0.39, 0.29) is 12.1 Å². The van der Waals surface area contributed by atoms with Crippen LogP contribution in [0.4, 0.5) is 0 Å². The highest BCUT2D eigenvalue weighted by molar-refractivity contribution is 7.98. The molecule has 4 rings (SSSR count). The van der Waals surface area contributed by atoms with Crippen LogP contribution in [0, 0.1) is 0 Å². The van der Waals surface area contributed by atoms with Gasteiger partial charge in [0.15, 0.2) is 0 Å². The lowest BCUT2D eigenvalue weighted by atomic mass is 10.2. The van der Waals surface area contributed by atoms with Crippen LogP contribution in [0.1, 0.15) is 10.7 Å². The third-order valence-corrected chi connectivity index (χ3v) is 5.78. The standard InChI is InChI=1S/C17H15N7O2S2/c18-14(25)9-23-15(19-13-6-2-1-5-12(13)16(23)26)10-28-17-20-21-22-24(17)8-11-4-3-7-27-11/h1-7H,8-10H2,(H2,18,25). The Hall–Kier alpha value is -3.05. The van der Waals surface area contributed by atoms with E-state index in [1.807, 2.05) is 23.6 Å². The van der Waals surface area contributed by atoms with Crippen molar-refractivity contribution in [1.29, 1.82) is 0 Å². The number of primary amides is 1. The lowest BCUT2D eigenvalue weighted by Crippen LogP contribution is -2.31. The molecule has 9 nitrogen and oxygen atoms in total. The van der Waals surface area contributed by atoms with E-state index < -0.39 is 5.91 Å². The number of nitrogens with two attached hydrogens (primary N) is 1. The number of hydrogen-bond acceptors (Lipinski definition) is 8. The van der Waals surface area contributed by atoms with Gasteiger partial charge in [0.25, 0.3) is 5.56 Å². The van der Waals surface area contributed by atoms with Gasteiger partial charge in [0.1, 0.15) is 12.4 Å². The molecule has 0 unspecified atom stereocenters. The van der Waals surface area contributed by atoms with Gasteiger partial charge in [0.2, 0.25) is 11.1 Å². The van der Waals surface area contributed by atoms with Crippen molar-refractivity contribution in [2.75, 3.05) is 0 Å². The SMILES string of the molecule is NC(=O)Cn1c(CSc2nnnn2Cc2cccs2)nc2ccccc2c1=O. The van der Waals surface area contributed by atoms with E-state index in [4.69, 9.17) is 5.73 Å². The van der Waals surface area contributed by atoms with Gasteiger partial charge in [-0.25, -0.2) is 9.67 Å². The summed E-state index contributed by atoms with van der Waals surface area (Å²) in [6.45, 7) is 0.332. The maximum absolute atomic E-state index is 12.8. The van der Waals surface area contributed by atoms with Crippen LogP contribution in [0.25, 0.3) is 10.9 Å². The van der Waals surface area contributed by atoms with Gasteiger partial charge in [-0.3, -0.25) is 14.2 Å². The predicted octanol–water partition coefficient (Wildman–Crippen LogP) is 1.27. The second-order valence-electron chi connectivity index (χ2n) is 5.89. The monoisotopic (exact) mass is 413 g/mol. The molecule has 1 aromatic carbocycles. The van der Waals surface area contributed by atoms with Gasteiger partial charge in [-0.2, -0.15) is 0 Å². The third-order valence-electron chi connectivity index (χ3n) is 3.97. The van der Waals surface area contributed by atoms with Crippen molar-refractivity contribution in [3.05, 3.63) is 62.8 Å². The molecule has 0 bridgehead atoms. The summed E-state index contributed by atoms with van der Waals surface area (Å²) in [5.74, 6) is 0.157. The number of rotatable bonds is 7. The molecule has 0 aliphatic carbocycles. The van der Waals surface area contributed by atoms with E-state index in [0.29, 0.717) is 34.2 Å². The highest BCUT2D eigenvalue weighted by Gasteiger charge is 2.15. The van der Waals surface area contributed by atoms with Crippen LogP contribution in [-0.2, 0) is 23.6 Å². The number of aromatic nitrogens is 6. The molecule has 1 amide bonds. The van der Waals surface area contributed by atoms with E-state index in [2.05, 4.69) is 20.5 Å². The number of tetrazole rings is 1. The van der Waals surface area contributed by atoms with Crippen molar-refractivity contribution in [2.24, 2.45) is 5.73 Å². The zero-order valence-corrected chi connectivity index (χ0v) is 16.2. The van der Waals surface area contributed by atoms with E-state index in [1.165, 1.54) is 16.3 Å². The van der Waals surface area contributed by atoms with Crippen molar-refractivity contribution in [3.8, 4) is 0 Å². The van der Waals surface area contributed by atoms with Crippen LogP contribution in [0.2, 0.25) is 0 Å². The number of carbonyl (C=O) groups excluding carboxylic acids is 1. The second-order valence-corrected chi connectivity index (χ2v) is 7.86. The molecule has 0 aliphatic rings. The van der Waals surface area contributed by atoms with Crippen LogP contribution >= 0.6 is 23.1 Å². The summed E-state index contributed by atoms with van der Waals surface area (Å²) < 4.78 is 3.00. The van der Waals surface area contributed by atoms with Crippen molar-refractivity contribution < 1.29 is 4.79 Å². The topological polar surface area (TPSA) is 122 Å². The summed E-state index contributed by atoms with van der Waals surface area (Å²) in [5.41, 5.74) is 5.61. The molecule has 3 heterocycles. The fourth-order valence-corrected chi connectivity index (χ4v) is 4.23. The van der Waals surface area contributed by atoms with E-state index in [1.54, 1.807) is 34.2 Å². The quantitative estimate of drug-likeness (QED) is 0.453. The summed E-state index contributed by atoms with van der Waals surface area (Å²) in [4.78, 5) is 29.9. The Morgan fingerprint density at radius 1 is 1.21 bits per heavy atom. The number of para-hydroxylation sites is 1. The Kier molecular flexibility index (Phi) is 5.17. The molecule has 0 spiro atoms. The maximum atomic E-state index is 12.8. The number of fused-ring (bicyclic) bond motifs is 1. The molecule has 0 radical (unpaired) electrons. The van der Waals surface area contributed by atoms with Crippen molar-refractivity contribution in [3.63, 3.8) is 0 Å². The Bertz CT molecular complexity index is 1180. The summed E-state index contributed by atoms with van der Waals surface area (Å²) in [6.07, 6.45) is 0. The highest BCUT2D eigenvalue weighted by Crippen LogP contribution is 2.21. The number of benzene rings is 1. The Balaban J connectivity index is 1.64. The summed E-state index contributed by atoms with van der Waals surface area (Å²) in [7, 11) is 0. The Morgan fingerprint density at radius 3 is 2.86 bits per heavy atom. The van der Waals surface area contributed by atoms with Gasteiger partial charge < -0.3 is 5.73 Å². The van der Waals surface area contributed by atoms with E-state index >= 15 is 0 Å². The van der Waals surface area contributed by atoms with Gasteiger partial charge in [-0.1, -0.05) is 30.0 Å². The lowest BCUT2D eigenvalue weighted by Gasteiger charge is -2.11. The highest BCUT2D eigenvalue weighted by atomic mass is 32.2. The van der Waals surface area contributed by atoms with E-state index in [0.717, 1.165) is 4.88 Å². The van der Waals surface area contributed by atoms with Gasteiger partial charge in [0, 0.05) is 4.88 Å². The third kappa shape index (κ3) is 3.80. The van der Waals surface area contributed by atoms with Crippen LogP contribution in [0.15, 0.2) is 51.7 Å². The number of nitrogens with zero attached hydrogens (tertiary/aromatic N) is 6. The summed E-state index contributed by atoms with van der Waals surface area (Å²) in [6, 6.07) is 11.0. The number of amides is 1. The minimum Gasteiger partial charge on any atom is -0.368 e. The first-order chi connectivity index (χ1) is 13.6. The average molecular weight is 413 g/mol. The molecule has 0 aliphatic heterocycles. The molecule has 0 atom stereocenters. The normalized spacial score (nSPS) is 11.1. The molecular weight excluding hydrogens is 398 g/mol. The molecule has 0 saturated heterocycles. The van der Waals surface area contributed by atoms with Gasteiger partial charge in [-0.05, 0) is 34.0 Å². The number of thiophene rings is 1. The zero-order chi connectivity index (χ0) is 19.5. The molecular formula is C17H15N7O2S2. The lowest BCUT2D eigenvalue weighted by molar-refractivity contribution is -0.118. The fraction of sp³-hybridized carbons (Fsp3) is 0.176. The fourth-order valence-electron chi connectivity index (χ4n) is 2.72. The Morgan fingerprint density at radius 2 is 2.07 bits per heavy atom. The molecule has 2 N–H and O–H groups in total. The number of carbonyl (C=O) groups is 1. The largest absolute Gasteiger partial charge is 0.368 e. The van der Waals surface area contributed by atoms with Crippen LogP contribution in [0.3, 0.4) is 0 Å². The summed E-state index contributed by atoms with van der Waals surface area (Å²) in [5, 5.41) is 14.8. The first-order valence-electron chi connectivity index (χ1n) is 8.30. The van der Waals surface area contributed by atoms with Crippen LogP contribution in [0.5, 0.6) is 0 Å². The van der Waals surface area contributed by atoms with Gasteiger partial charge >= 0.3 is 0 Å². The van der Waals surface area contributed by atoms with Crippen molar-refractivity contribution >= 4 is 39.9 Å². The predicted molar refractivity (Wildman–Crippen MR) is 106 cm³/mol. The average Bonchev–Trinajstić information content (AvgIpc) is 3.35. The minimum absolute atomic E-state index is 0.229. The number of thioether (sulfide) groups is 1. The molecule has 28 heavy (non-hydrogen) atoms. The van der Waals surface area contributed by atoms with Gasteiger partial charge in [0.05, 0.1) is 23.2 Å². The maximum Gasteiger partial charge on any atom is 0.261 e. The smallest absolute Gasteiger partial charge is 0.261 e. The van der Waals surface area contributed by atoms with Crippen LogP contribution in [-0.4, -0.2) is 35.7 Å². The molecule has 142 valence electrons. The minimum atomic E-state index is -0.604. The van der Waals surface area contributed by atoms with E-state index in [9.17, 15) is 9.59 Å². The first kappa shape index (κ1) is 18.3. The summed E-state index contributed by atoms with van der Waals surface area (Å²) >= 11 is 2.97.